The van der Waals surface area contributed by atoms with Gasteiger partial charge in [-0.3, -0.25) is 9.59 Å². The zero-order valence-corrected chi connectivity index (χ0v) is 16.9. The van der Waals surface area contributed by atoms with Crippen LogP contribution >= 0.6 is 35.0 Å². The molecule has 1 aliphatic rings. The number of halogens is 2. The van der Waals surface area contributed by atoms with E-state index in [1.165, 1.54) is 40.9 Å². The molecule has 0 radical (unpaired) electrons. The van der Waals surface area contributed by atoms with E-state index < -0.39 is 22.0 Å². The van der Waals surface area contributed by atoms with E-state index in [-0.39, 0.29) is 10.8 Å². The molecular formula is C17H14Cl2N2O4S2. The lowest BCUT2D eigenvalue weighted by Crippen LogP contribution is -2.48. The second-order valence-electron chi connectivity index (χ2n) is 5.72. The Bertz CT molecular complexity index is 963. The summed E-state index contributed by atoms with van der Waals surface area (Å²) in [6, 6.07) is 10.8. The average Bonchev–Trinajstić information content (AvgIpc) is 3.11. The predicted molar refractivity (Wildman–Crippen MR) is 106 cm³/mol. The van der Waals surface area contributed by atoms with Crippen molar-refractivity contribution in [3.05, 3.63) is 64.1 Å². The molecule has 3 rings (SSSR count). The van der Waals surface area contributed by atoms with Crippen LogP contribution in [0.15, 0.2) is 53.4 Å². The zero-order valence-electron chi connectivity index (χ0n) is 13.8. The third-order valence-corrected chi connectivity index (χ3v) is 6.77. The number of hydrogen-bond acceptors (Lipinski definition) is 5. The number of nitrogens with one attached hydrogen (secondary N) is 1. The summed E-state index contributed by atoms with van der Waals surface area (Å²) in [7, 11) is -4.06. The first-order valence-electron chi connectivity index (χ1n) is 7.74. The largest absolute Gasteiger partial charge is 0.316 e. The molecular weight excluding hydrogens is 431 g/mol. The van der Waals surface area contributed by atoms with Crippen LogP contribution in [0.3, 0.4) is 0 Å². The highest BCUT2D eigenvalue weighted by Crippen LogP contribution is 2.24. The number of amides is 2. The van der Waals surface area contributed by atoms with E-state index in [2.05, 4.69) is 0 Å². The van der Waals surface area contributed by atoms with E-state index in [1.807, 2.05) is 4.72 Å². The second kappa shape index (κ2) is 8.10. The van der Waals surface area contributed by atoms with E-state index in [0.29, 0.717) is 27.2 Å². The van der Waals surface area contributed by atoms with Crippen molar-refractivity contribution < 1.29 is 18.0 Å². The Balaban J connectivity index is 1.76. The smallest absolute Gasteiger partial charge is 0.264 e. The summed E-state index contributed by atoms with van der Waals surface area (Å²) in [5.41, 5.74) is 0.375. The highest BCUT2D eigenvalue weighted by molar-refractivity contribution is 7.99. The summed E-state index contributed by atoms with van der Waals surface area (Å²) < 4.78 is 26.8. The van der Waals surface area contributed by atoms with Crippen LogP contribution < -0.4 is 4.72 Å². The topological polar surface area (TPSA) is 83.6 Å². The molecule has 0 unspecified atom stereocenters. The van der Waals surface area contributed by atoms with Gasteiger partial charge in [0.2, 0.25) is 0 Å². The van der Waals surface area contributed by atoms with Crippen molar-refractivity contribution in [1.29, 1.82) is 0 Å². The summed E-state index contributed by atoms with van der Waals surface area (Å²) in [4.78, 5) is 26.5. The molecule has 1 aliphatic heterocycles. The first-order chi connectivity index (χ1) is 12.8. The van der Waals surface area contributed by atoms with Crippen LogP contribution in [0.5, 0.6) is 0 Å². The summed E-state index contributed by atoms with van der Waals surface area (Å²) >= 11 is 13.0. The van der Waals surface area contributed by atoms with Gasteiger partial charge in [0.1, 0.15) is 6.04 Å². The first-order valence-corrected chi connectivity index (χ1v) is 11.1. The maximum Gasteiger partial charge on any atom is 0.264 e. The Morgan fingerprint density at radius 3 is 2.15 bits per heavy atom. The van der Waals surface area contributed by atoms with Crippen molar-refractivity contribution in [3.63, 3.8) is 0 Å². The molecule has 1 fully saturated rings. The van der Waals surface area contributed by atoms with Crippen molar-refractivity contribution in [1.82, 2.24) is 9.62 Å². The number of thioether (sulfide) groups is 1. The average molecular weight is 445 g/mol. The molecule has 0 bridgehead atoms. The molecule has 0 aromatic heterocycles. The number of benzene rings is 2. The van der Waals surface area contributed by atoms with E-state index in [0.717, 1.165) is 0 Å². The minimum atomic E-state index is -4.06. The summed E-state index contributed by atoms with van der Waals surface area (Å²) in [6.07, 6.45) is 0. The fraction of sp³-hybridized carbons (Fsp3) is 0.176. The van der Waals surface area contributed by atoms with Gasteiger partial charge in [0.25, 0.3) is 21.8 Å². The molecule has 1 heterocycles. The number of sulfonamides is 1. The molecule has 1 atom stereocenters. The zero-order chi connectivity index (χ0) is 19.6. The fourth-order valence-corrected chi connectivity index (χ4v) is 4.91. The monoisotopic (exact) mass is 444 g/mol. The van der Waals surface area contributed by atoms with Crippen LogP contribution in [0.2, 0.25) is 10.0 Å². The molecule has 1 N–H and O–H groups in total. The summed E-state index contributed by atoms with van der Waals surface area (Å²) in [6.45, 7) is 0. The first kappa shape index (κ1) is 20.0. The fourth-order valence-electron chi connectivity index (χ4n) is 2.49. The number of carbonyl (C=O) groups excluding carboxylic acids is 2. The van der Waals surface area contributed by atoms with Gasteiger partial charge in [0.15, 0.2) is 0 Å². The molecule has 2 amide bonds. The van der Waals surface area contributed by atoms with E-state index >= 15 is 0 Å². The molecule has 0 aliphatic carbocycles. The Labute approximate surface area is 170 Å². The van der Waals surface area contributed by atoms with Crippen LogP contribution in [-0.2, 0) is 14.8 Å². The van der Waals surface area contributed by atoms with Gasteiger partial charge in [-0.25, -0.2) is 13.1 Å². The minimum absolute atomic E-state index is 0.0820. The standard InChI is InChI=1S/C17H14Cl2N2O4S2/c18-12-3-1-11(2-4-12)17(23)21-10-26-9-15(21)16(22)20-27(24,25)14-7-5-13(19)6-8-14/h1-8,15H,9-10H2,(H,20,22)/t15-/m0/s1. The van der Waals surface area contributed by atoms with Crippen LogP contribution in [0.25, 0.3) is 0 Å². The Morgan fingerprint density at radius 2 is 1.56 bits per heavy atom. The lowest BCUT2D eigenvalue weighted by molar-refractivity contribution is -0.122. The van der Waals surface area contributed by atoms with Crippen LogP contribution in [-0.4, -0.2) is 42.8 Å². The maximum atomic E-state index is 12.7. The molecule has 1 saturated heterocycles. The summed E-state index contributed by atoms with van der Waals surface area (Å²) in [5.74, 6) is -0.514. The molecule has 6 nitrogen and oxygen atoms in total. The van der Waals surface area contributed by atoms with Crippen molar-refractivity contribution in [3.8, 4) is 0 Å². The van der Waals surface area contributed by atoms with E-state index in [4.69, 9.17) is 23.2 Å². The lowest BCUT2D eigenvalue weighted by atomic mass is 10.1. The lowest BCUT2D eigenvalue weighted by Gasteiger charge is -2.23. The van der Waals surface area contributed by atoms with Gasteiger partial charge in [-0.1, -0.05) is 23.2 Å². The van der Waals surface area contributed by atoms with Crippen molar-refractivity contribution >= 4 is 56.8 Å². The highest BCUT2D eigenvalue weighted by Gasteiger charge is 2.37. The molecule has 2 aromatic carbocycles. The number of nitrogens with zero attached hydrogens (tertiary/aromatic N) is 1. The molecule has 0 spiro atoms. The quantitative estimate of drug-likeness (QED) is 0.783. The Hall–Kier alpha value is -1.74. The molecule has 142 valence electrons. The van der Waals surface area contributed by atoms with Gasteiger partial charge in [0.05, 0.1) is 10.8 Å². The normalized spacial score (nSPS) is 17.0. The van der Waals surface area contributed by atoms with E-state index in [1.54, 1.807) is 24.3 Å². The van der Waals surface area contributed by atoms with Crippen LogP contribution in [0, 0.1) is 0 Å². The second-order valence-corrected chi connectivity index (χ2v) is 9.28. The maximum absolute atomic E-state index is 12.7. The van der Waals surface area contributed by atoms with Gasteiger partial charge in [-0.05, 0) is 48.5 Å². The number of hydrogen-bond donors (Lipinski definition) is 1. The van der Waals surface area contributed by atoms with Gasteiger partial charge < -0.3 is 4.90 Å². The van der Waals surface area contributed by atoms with Crippen LogP contribution in [0.4, 0.5) is 0 Å². The number of carbonyl (C=O) groups is 2. The van der Waals surface area contributed by atoms with E-state index in [9.17, 15) is 18.0 Å². The Kier molecular flexibility index (Phi) is 6.00. The van der Waals surface area contributed by atoms with Crippen molar-refractivity contribution in [2.45, 2.75) is 10.9 Å². The Morgan fingerprint density at radius 1 is 1.00 bits per heavy atom. The third-order valence-electron chi connectivity index (χ3n) is 3.90. The minimum Gasteiger partial charge on any atom is -0.316 e. The van der Waals surface area contributed by atoms with Gasteiger partial charge >= 0.3 is 0 Å². The third kappa shape index (κ3) is 4.57. The molecule has 27 heavy (non-hydrogen) atoms. The summed E-state index contributed by atoms with van der Waals surface area (Å²) in [5, 5.41) is 0.873. The number of rotatable bonds is 4. The molecule has 0 saturated carbocycles. The van der Waals surface area contributed by atoms with Gasteiger partial charge in [0, 0.05) is 21.4 Å². The predicted octanol–water partition coefficient (Wildman–Crippen LogP) is 3.01. The molecule has 2 aromatic rings. The van der Waals surface area contributed by atoms with Crippen LogP contribution in [0.1, 0.15) is 10.4 Å². The SMILES string of the molecule is O=C(NS(=O)(=O)c1ccc(Cl)cc1)[C@@H]1CSCN1C(=O)c1ccc(Cl)cc1. The highest BCUT2D eigenvalue weighted by atomic mass is 35.5. The molecule has 10 heteroatoms. The van der Waals surface area contributed by atoms with Crippen molar-refractivity contribution in [2.75, 3.05) is 11.6 Å². The van der Waals surface area contributed by atoms with Crippen molar-refractivity contribution in [2.24, 2.45) is 0 Å². The van der Waals surface area contributed by atoms with Gasteiger partial charge in [-0.15, -0.1) is 11.8 Å². The van der Waals surface area contributed by atoms with Gasteiger partial charge in [-0.2, -0.15) is 0 Å².